The second-order valence-corrected chi connectivity index (χ2v) is 4.53. The maximum Gasteiger partial charge on any atom is 0.0748 e. The standard InChI is InChI=1S/C11H16Cl2N2/c1-4-15(7(2)3)11-9(12)5-8(14)6-10(11)13/h5-7H,4,14H2,1-3H3. The van der Waals surface area contributed by atoms with Gasteiger partial charge in [0.25, 0.3) is 0 Å². The Morgan fingerprint density at radius 1 is 1.27 bits per heavy atom. The zero-order valence-corrected chi connectivity index (χ0v) is 10.7. The largest absolute Gasteiger partial charge is 0.399 e. The van der Waals surface area contributed by atoms with Gasteiger partial charge in [-0.15, -0.1) is 0 Å². The van der Waals surface area contributed by atoms with Crippen LogP contribution in [0, 0.1) is 0 Å². The van der Waals surface area contributed by atoms with Crippen molar-refractivity contribution in [1.82, 2.24) is 0 Å². The van der Waals surface area contributed by atoms with Crippen molar-refractivity contribution < 1.29 is 0 Å². The van der Waals surface area contributed by atoms with E-state index in [1.54, 1.807) is 12.1 Å². The summed E-state index contributed by atoms with van der Waals surface area (Å²) in [7, 11) is 0. The number of hydrogen-bond acceptors (Lipinski definition) is 2. The van der Waals surface area contributed by atoms with Crippen LogP contribution >= 0.6 is 23.2 Å². The molecule has 15 heavy (non-hydrogen) atoms. The topological polar surface area (TPSA) is 29.3 Å². The van der Waals surface area contributed by atoms with E-state index in [4.69, 9.17) is 28.9 Å². The number of nitrogens with two attached hydrogens (primary N) is 1. The van der Waals surface area contributed by atoms with Crippen molar-refractivity contribution in [3.8, 4) is 0 Å². The molecule has 0 unspecified atom stereocenters. The van der Waals surface area contributed by atoms with E-state index in [0.29, 0.717) is 21.8 Å². The lowest BCUT2D eigenvalue weighted by molar-refractivity contribution is 0.704. The molecule has 0 fully saturated rings. The van der Waals surface area contributed by atoms with Crippen LogP contribution in [-0.4, -0.2) is 12.6 Å². The van der Waals surface area contributed by atoms with Gasteiger partial charge in [-0.3, -0.25) is 0 Å². The molecule has 0 heterocycles. The first-order valence-corrected chi connectivity index (χ1v) is 5.74. The molecule has 2 N–H and O–H groups in total. The fourth-order valence-electron chi connectivity index (χ4n) is 1.64. The molecule has 2 nitrogen and oxygen atoms in total. The third-order valence-corrected chi connectivity index (χ3v) is 2.87. The van der Waals surface area contributed by atoms with Crippen molar-refractivity contribution in [1.29, 1.82) is 0 Å². The van der Waals surface area contributed by atoms with E-state index >= 15 is 0 Å². The van der Waals surface area contributed by atoms with E-state index in [-0.39, 0.29) is 0 Å². The van der Waals surface area contributed by atoms with Gasteiger partial charge in [-0.25, -0.2) is 0 Å². The van der Waals surface area contributed by atoms with E-state index in [9.17, 15) is 0 Å². The molecular formula is C11H16Cl2N2. The summed E-state index contributed by atoms with van der Waals surface area (Å²) in [6, 6.07) is 3.82. The van der Waals surface area contributed by atoms with Crippen molar-refractivity contribution >= 4 is 34.6 Å². The number of nitrogen functional groups attached to an aromatic ring is 1. The predicted octanol–water partition coefficient (Wildman–Crippen LogP) is 3.81. The number of benzene rings is 1. The maximum atomic E-state index is 6.15. The minimum atomic E-state index is 0.355. The van der Waals surface area contributed by atoms with Crippen molar-refractivity contribution in [3.05, 3.63) is 22.2 Å². The van der Waals surface area contributed by atoms with Gasteiger partial charge in [-0.1, -0.05) is 23.2 Å². The van der Waals surface area contributed by atoms with Gasteiger partial charge >= 0.3 is 0 Å². The van der Waals surface area contributed by atoms with Gasteiger partial charge in [0.1, 0.15) is 0 Å². The number of anilines is 2. The predicted molar refractivity (Wildman–Crippen MR) is 69.0 cm³/mol. The summed E-state index contributed by atoms with van der Waals surface area (Å²) in [5.41, 5.74) is 7.12. The third kappa shape index (κ3) is 2.70. The molecule has 0 saturated heterocycles. The Bertz CT molecular complexity index is 327. The fraction of sp³-hybridized carbons (Fsp3) is 0.455. The minimum absolute atomic E-state index is 0.355. The average molecular weight is 247 g/mol. The van der Waals surface area contributed by atoms with Crippen LogP contribution < -0.4 is 10.6 Å². The lowest BCUT2D eigenvalue weighted by Crippen LogP contribution is -2.30. The van der Waals surface area contributed by atoms with Crippen LogP contribution in [-0.2, 0) is 0 Å². The monoisotopic (exact) mass is 246 g/mol. The maximum absolute atomic E-state index is 6.15. The molecule has 84 valence electrons. The number of hydrogen-bond donors (Lipinski definition) is 1. The Hall–Kier alpha value is -0.600. The second kappa shape index (κ2) is 4.95. The van der Waals surface area contributed by atoms with Crippen molar-refractivity contribution in [2.45, 2.75) is 26.8 Å². The second-order valence-electron chi connectivity index (χ2n) is 3.71. The third-order valence-electron chi connectivity index (χ3n) is 2.29. The summed E-state index contributed by atoms with van der Waals surface area (Å²) in [6.07, 6.45) is 0. The van der Waals surface area contributed by atoms with Gasteiger partial charge in [-0.2, -0.15) is 0 Å². The first-order valence-electron chi connectivity index (χ1n) is 4.98. The van der Waals surface area contributed by atoms with Gasteiger partial charge in [0.2, 0.25) is 0 Å². The van der Waals surface area contributed by atoms with Crippen LogP contribution in [0.25, 0.3) is 0 Å². The molecule has 0 aliphatic carbocycles. The zero-order valence-electron chi connectivity index (χ0n) is 9.22. The number of rotatable bonds is 3. The molecule has 0 amide bonds. The molecular weight excluding hydrogens is 231 g/mol. The Morgan fingerprint density at radius 2 is 1.73 bits per heavy atom. The summed E-state index contributed by atoms with van der Waals surface area (Å²) in [6.45, 7) is 7.14. The van der Waals surface area contributed by atoms with Crippen molar-refractivity contribution in [3.63, 3.8) is 0 Å². The van der Waals surface area contributed by atoms with Gasteiger partial charge in [0.15, 0.2) is 0 Å². The first kappa shape index (κ1) is 12.5. The van der Waals surface area contributed by atoms with E-state index in [1.165, 1.54) is 0 Å². The minimum Gasteiger partial charge on any atom is -0.399 e. The molecule has 0 aliphatic heterocycles. The molecule has 0 bridgehead atoms. The summed E-state index contributed by atoms with van der Waals surface area (Å²) in [5.74, 6) is 0. The highest BCUT2D eigenvalue weighted by Gasteiger charge is 2.16. The Balaban J connectivity index is 3.23. The van der Waals surface area contributed by atoms with Gasteiger partial charge in [0.05, 0.1) is 15.7 Å². The first-order chi connectivity index (χ1) is 6.97. The molecule has 4 heteroatoms. The van der Waals surface area contributed by atoms with Crippen LogP contribution in [0.5, 0.6) is 0 Å². The molecule has 0 radical (unpaired) electrons. The van der Waals surface area contributed by atoms with E-state index in [1.807, 2.05) is 0 Å². The fourth-order valence-corrected chi connectivity index (χ4v) is 2.36. The molecule has 0 atom stereocenters. The smallest absolute Gasteiger partial charge is 0.0748 e. The van der Waals surface area contributed by atoms with E-state index in [0.717, 1.165) is 12.2 Å². The molecule has 0 saturated carbocycles. The Kier molecular flexibility index (Phi) is 4.12. The van der Waals surface area contributed by atoms with Gasteiger partial charge < -0.3 is 10.6 Å². The van der Waals surface area contributed by atoms with E-state index < -0.39 is 0 Å². The quantitative estimate of drug-likeness (QED) is 0.823. The normalized spacial score (nSPS) is 10.8. The van der Waals surface area contributed by atoms with Crippen LogP contribution in [0.4, 0.5) is 11.4 Å². The van der Waals surface area contributed by atoms with Crippen molar-refractivity contribution in [2.75, 3.05) is 17.2 Å². The summed E-state index contributed by atoms with van der Waals surface area (Å²) in [5, 5.41) is 1.21. The average Bonchev–Trinajstić information content (AvgIpc) is 2.09. The molecule has 0 spiro atoms. The SMILES string of the molecule is CCN(c1c(Cl)cc(N)cc1Cl)C(C)C. The number of nitrogens with zero attached hydrogens (tertiary/aromatic N) is 1. The Labute approximate surface area is 101 Å². The molecule has 0 aliphatic rings. The highest BCUT2D eigenvalue weighted by atomic mass is 35.5. The molecule has 0 aromatic heterocycles. The summed E-state index contributed by atoms with van der Waals surface area (Å²) < 4.78 is 0. The van der Waals surface area contributed by atoms with E-state index in [2.05, 4.69) is 25.7 Å². The summed E-state index contributed by atoms with van der Waals surface area (Å²) in [4.78, 5) is 2.14. The van der Waals surface area contributed by atoms with Gasteiger partial charge in [-0.05, 0) is 32.9 Å². The Morgan fingerprint density at radius 3 is 2.07 bits per heavy atom. The van der Waals surface area contributed by atoms with Crippen LogP contribution in [0.15, 0.2) is 12.1 Å². The molecule has 1 aromatic carbocycles. The highest BCUT2D eigenvalue weighted by Crippen LogP contribution is 2.36. The highest BCUT2D eigenvalue weighted by molar-refractivity contribution is 6.39. The lowest BCUT2D eigenvalue weighted by atomic mass is 10.2. The zero-order chi connectivity index (χ0) is 11.6. The molecule has 1 aromatic rings. The van der Waals surface area contributed by atoms with Crippen LogP contribution in [0.3, 0.4) is 0 Å². The van der Waals surface area contributed by atoms with Crippen LogP contribution in [0.1, 0.15) is 20.8 Å². The number of halogens is 2. The van der Waals surface area contributed by atoms with Gasteiger partial charge in [0, 0.05) is 18.3 Å². The van der Waals surface area contributed by atoms with Crippen molar-refractivity contribution in [2.24, 2.45) is 0 Å². The summed E-state index contributed by atoms with van der Waals surface area (Å²) >= 11 is 12.3. The lowest BCUT2D eigenvalue weighted by Gasteiger charge is -2.29. The molecule has 1 rings (SSSR count). The van der Waals surface area contributed by atoms with Crippen LogP contribution in [0.2, 0.25) is 10.0 Å².